The highest BCUT2D eigenvalue weighted by molar-refractivity contribution is 7.90. The van der Waals surface area contributed by atoms with Gasteiger partial charge in [0.15, 0.2) is 0 Å². The fourth-order valence-electron chi connectivity index (χ4n) is 2.23. The number of benzene rings is 1. The molecule has 1 N–H and O–H groups in total. The molecule has 1 saturated heterocycles. The van der Waals surface area contributed by atoms with Gasteiger partial charge < -0.3 is 9.47 Å². The first-order valence-electron chi connectivity index (χ1n) is 7.54. The molecule has 1 aromatic rings. The van der Waals surface area contributed by atoms with E-state index in [0.29, 0.717) is 12.7 Å². The molecule has 0 spiro atoms. The summed E-state index contributed by atoms with van der Waals surface area (Å²) in [5.41, 5.74) is 0. The zero-order chi connectivity index (χ0) is 17.7. The van der Waals surface area contributed by atoms with Gasteiger partial charge in [0.2, 0.25) is 0 Å². The quantitative estimate of drug-likeness (QED) is 0.833. The molecule has 2 atom stereocenters. The van der Waals surface area contributed by atoms with Crippen LogP contribution in [0.25, 0.3) is 0 Å². The SMILES string of the molecule is C[C@@H](OC[C@H]1CCCCO1)C(=O)NS(=O)(=O)c1ccc(F)cc1F. The molecule has 2 rings (SSSR count). The van der Waals surface area contributed by atoms with Gasteiger partial charge in [0.1, 0.15) is 22.6 Å². The largest absolute Gasteiger partial charge is 0.376 e. The molecule has 1 fully saturated rings. The number of ether oxygens (including phenoxy) is 2. The predicted octanol–water partition coefficient (Wildman–Crippen LogP) is 1.74. The van der Waals surface area contributed by atoms with Crippen molar-refractivity contribution in [2.45, 2.75) is 43.3 Å². The maximum atomic E-state index is 13.6. The Bertz CT molecular complexity index is 689. The minimum atomic E-state index is -4.45. The molecule has 6 nitrogen and oxygen atoms in total. The van der Waals surface area contributed by atoms with E-state index in [1.807, 2.05) is 0 Å². The fraction of sp³-hybridized carbons (Fsp3) is 0.533. The van der Waals surface area contributed by atoms with E-state index in [9.17, 15) is 22.0 Å². The summed E-state index contributed by atoms with van der Waals surface area (Å²) in [6.07, 6.45) is 1.61. The Hall–Kier alpha value is -1.58. The molecule has 0 aliphatic carbocycles. The number of rotatable bonds is 6. The lowest BCUT2D eigenvalue weighted by molar-refractivity contribution is -0.133. The molecule has 1 amide bonds. The maximum absolute atomic E-state index is 13.6. The van der Waals surface area contributed by atoms with Crippen LogP contribution in [0, 0.1) is 11.6 Å². The van der Waals surface area contributed by atoms with Crippen molar-refractivity contribution in [3.05, 3.63) is 29.8 Å². The summed E-state index contributed by atoms with van der Waals surface area (Å²) in [5, 5.41) is 0. The van der Waals surface area contributed by atoms with Crippen molar-refractivity contribution in [3.63, 3.8) is 0 Å². The highest BCUT2D eigenvalue weighted by Gasteiger charge is 2.26. The van der Waals surface area contributed by atoms with Crippen molar-refractivity contribution in [1.82, 2.24) is 4.72 Å². The van der Waals surface area contributed by atoms with Gasteiger partial charge in [-0.3, -0.25) is 4.79 Å². The molecular weight excluding hydrogens is 344 g/mol. The van der Waals surface area contributed by atoms with Crippen LogP contribution in [0.5, 0.6) is 0 Å². The van der Waals surface area contributed by atoms with Crippen molar-refractivity contribution in [2.75, 3.05) is 13.2 Å². The van der Waals surface area contributed by atoms with Crippen LogP contribution in [-0.2, 0) is 24.3 Å². The summed E-state index contributed by atoms with van der Waals surface area (Å²) >= 11 is 0. The summed E-state index contributed by atoms with van der Waals surface area (Å²) in [4.78, 5) is 11.1. The molecule has 1 aromatic carbocycles. The van der Waals surface area contributed by atoms with E-state index in [4.69, 9.17) is 9.47 Å². The minimum absolute atomic E-state index is 0.125. The number of carbonyl (C=O) groups is 1. The van der Waals surface area contributed by atoms with E-state index in [2.05, 4.69) is 0 Å². The second-order valence-electron chi connectivity index (χ2n) is 5.51. The molecule has 0 bridgehead atoms. The van der Waals surface area contributed by atoms with Gasteiger partial charge in [-0.05, 0) is 38.3 Å². The van der Waals surface area contributed by atoms with Gasteiger partial charge in [0, 0.05) is 12.7 Å². The first kappa shape index (κ1) is 18.8. The summed E-state index contributed by atoms with van der Waals surface area (Å²) in [6, 6.07) is 1.98. The first-order valence-corrected chi connectivity index (χ1v) is 9.03. The number of halogens is 2. The first-order chi connectivity index (χ1) is 11.3. The molecule has 0 saturated carbocycles. The Kier molecular flexibility index (Phi) is 6.25. The van der Waals surface area contributed by atoms with Crippen LogP contribution in [0.4, 0.5) is 8.78 Å². The number of hydrogen-bond acceptors (Lipinski definition) is 5. The van der Waals surface area contributed by atoms with Gasteiger partial charge >= 0.3 is 0 Å². The number of sulfonamides is 1. The predicted molar refractivity (Wildman–Crippen MR) is 80.7 cm³/mol. The smallest absolute Gasteiger partial charge is 0.267 e. The van der Waals surface area contributed by atoms with E-state index < -0.39 is 38.6 Å². The monoisotopic (exact) mass is 363 g/mol. The van der Waals surface area contributed by atoms with Crippen LogP contribution in [0.1, 0.15) is 26.2 Å². The van der Waals surface area contributed by atoms with Crippen LogP contribution in [0.3, 0.4) is 0 Å². The zero-order valence-corrected chi connectivity index (χ0v) is 13.9. The van der Waals surface area contributed by atoms with Crippen molar-refractivity contribution >= 4 is 15.9 Å². The summed E-state index contributed by atoms with van der Waals surface area (Å²) in [7, 11) is -4.45. The lowest BCUT2D eigenvalue weighted by Crippen LogP contribution is -2.40. The average Bonchev–Trinajstić information content (AvgIpc) is 2.52. The Balaban J connectivity index is 1.94. The van der Waals surface area contributed by atoms with Gasteiger partial charge in [0.25, 0.3) is 15.9 Å². The lowest BCUT2D eigenvalue weighted by atomic mass is 10.1. The van der Waals surface area contributed by atoms with Gasteiger partial charge in [-0.25, -0.2) is 21.9 Å². The number of nitrogens with one attached hydrogen (secondary N) is 1. The molecule has 24 heavy (non-hydrogen) atoms. The maximum Gasteiger partial charge on any atom is 0.267 e. The van der Waals surface area contributed by atoms with Gasteiger partial charge in [0.05, 0.1) is 12.7 Å². The van der Waals surface area contributed by atoms with E-state index in [1.54, 1.807) is 4.72 Å². The van der Waals surface area contributed by atoms with Crippen LogP contribution >= 0.6 is 0 Å². The molecule has 1 aliphatic heterocycles. The van der Waals surface area contributed by atoms with Crippen molar-refractivity contribution in [1.29, 1.82) is 0 Å². The molecule has 0 unspecified atom stereocenters. The normalized spacial score (nSPS) is 19.7. The molecule has 9 heteroatoms. The molecule has 1 heterocycles. The Morgan fingerprint density at radius 3 is 2.79 bits per heavy atom. The van der Waals surface area contributed by atoms with Crippen LogP contribution in [-0.4, -0.2) is 39.7 Å². The van der Waals surface area contributed by atoms with Crippen LogP contribution < -0.4 is 4.72 Å². The van der Waals surface area contributed by atoms with Crippen LogP contribution in [0.15, 0.2) is 23.1 Å². The van der Waals surface area contributed by atoms with Gasteiger partial charge in [-0.2, -0.15) is 0 Å². The van der Waals surface area contributed by atoms with E-state index in [1.165, 1.54) is 6.92 Å². The summed E-state index contributed by atoms with van der Waals surface area (Å²) in [6.45, 7) is 2.18. The van der Waals surface area contributed by atoms with E-state index in [0.717, 1.165) is 31.4 Å². The van der Waals surface area contributed by atoms with Crippen LogP contribution in [0.2, 0.25) is 0 Å². The van der Waals surface area contributed by atoms with Gasteiger partial charge in [-0.1, -0.05) is 0 Å². The van der Waals surface area contributed by atoms with Crippen molar-refractivity contribution in [3.8, 4) is 0 Å². The number of amides is 1. The third-order valence-electron chi connectivity index (χ3n) is 3.59. The third kappa shape index (κ3) is 4.96. The summed E-state index contributed by atoms with van der Waals surface area (Å²) < 4.78 is 62.9. The highest BCUT2D eigenvalue weighted by Crippen LogP contribution is 2.16. The molecule has 0 radical (unpaired) electrons. The topological polar surface area (TPSA) is 81.7 Å². The lowest BCUT2D eigenvalue weighted by Gasteiger charge is -2.23. The second kappa shape index (κ2) is 8.00. The molecule has 1 aliphatic rings. The second-order valence-corrected chi connectivity index (χ2v) is 7.16. The van der Waals surface area contributed by atoms with Gasteiger partial charge in [-0.15, -0.1) is 0 Å². The molecule has 0 aromatic heterocycles. The summed E-state index contributed by atoms with van der Waals surface area (Å²) in [5.74, 6) is -3.13. The highest BCUT2D eigenvalue weighted by atomic mass is 32.2. The van der Waals surface area contributed by atoms with Crippen molar-refractivity contribution < 1.29 is 31.5 Å². The Morgan fingerprint density at radius 1 is 1.42 bits per heavy atom. The average molecular weight is 363 g/mol. The third-order valence-corrected chi connectivity index (χ3v) is 4.97. The Morgan fingerprint density at radius 2 is 2.17 bits per heavy atom. The number of hydrogen-bond donors (Lipinski definition) is 1. The minimum Gasteiger partial charge on any atom is -0.376 e. The van der Waals surface area contributed by atoms with E-state index in [-0.39, 0.29) is 12.7 Å². The van der Waals surface area contributed by atoms with Crippen molar-refractivity contribution in [2.24, 2.45) is 0 Å². The Labute approximate surface area is 139 Å². The standard InChI is InChI=1S/C15H19F2NO5S/c1-10(23-9-12-4-2-3-7-22-12)15(19)18-24(20,21)14-6-5-11(16)8-13(14)17/h5-6,8,10,12H,2-4,7,9H2,1H3,(H,18,19)/t10-,12-/m1/s1. The number of carbonyl (C=O) groups excluding carboxylic acids is 1. The fourth-order valence-corrected chi connectivity index (χ4v) is 3.33. The molecular formula is C15H19F2NO5S. The zero-order valence-electron chi connectivity index (χ0n) is 13.1. The van der Waals surface area contributed by atoms with E-state index >= 15 is 0 Å². The molecule has 134 valence electrons.